The number of rotatable bonds is 28. The fourth-order valence-electron chi connectivity index (χ4n) is 6.77. The van der Waals surface area contributed by atoms with Crippen LogP contribution < -0.4 is 0 Å². The first-order valence-electron chi connectivity index (χ1n) is 18.6. The van der Waals surface area contributed by atoms with Crippen molar-refractivity contribution in [1.82, 2.24) is 0 Å². The van der Waals surface area contributed by atoms with Gasteiger partial charge in [0, 0.05) is 12.0 Å². The molecule has 0 radical (unpaired) electrons. The van der Waals surface area contributed by atoms with E-state index in [1.54, 1.807) is 6.08 Å². The molecule has 0 spiro atoms. The first-order valence-corrected chi connectivity index (χ1v) is 18.6. The Balaban J connectivity index is 1.40. The maximum atomic E-state index is 11.7. The Hall–Kier alpha value is -0.990. The summed E-state index contributed by atoms with van der Waals surface area (Å²) in [6.45, 7) is 4.08. The van der Waals surface area contributed by atoms with Crippen LogP contribution in [-0.2, 0) is 14.3 Å². The van der Waals surface area contributed by atoms with Crippen LogP contribution in [0.3, 0.4) is 0 Å². The Morgan fingerprint density at radius 2 is 1.05 bits per heavy atom. The summed E-state index contributed by atoms with van der Waals surface area (Å²) in [5.41, 5.74) is 0.576. The van der Waals surface area contributed by atoms with Gasteiger partial charge in [0.25, 0.3) is 0 Å². The fourth-order valence-corrected chi connectivity index (χ4v) is 6.77. The Morgan fingerprint density at radius 1 is 0.636 bits per heavy atom. The van der Waals surface area contributed by atoms with Crippen molar-refractivity contribution < 1.29 is 34.7 Å². The first-order chi connectivity index (χ1) is 21.3. The second-order valence-electron chi connectivity index (χ2n) is 13.8. The molecule has 2 rings (SSSR count). The zero-order valence-electron chi connectivity index (χ0n) is 28.3. The Bertz CT molecular complexity index is 756. The van der Waals surface area contributed by atoms with E-state index in [2.05, 4.69) is 6.92 Å². The minimum absolute atomic E-state index is 0.148. The van der Waals surface area contributed by atoms with Crippen LogP contribution in [-0.4, -0.2) is 69.1 Å². The van der Waals surface area contributed by atoms with E-state index in [1.807, 2.05) is 6.92 Å². The predicted octanol–water partition coefficient (Wildman–Crippen LogP) is 7.84. The molecular weight excluding hydrogens is 556 g/mol. The zero-order valence-corrected chi connectivity index (χ0v) is 28.3. The van der Waals surface area contributed by atoms with Crippen molar-refractivity contribution in [3.63, 3.8) is 0 Å². The van der Waals surface area contributed by atoms with E-state index in [-0.39, 0.29) is 30.4 Å². The maximum absolute atomic E-state index is 11.7. The summed E-state index contributed by atoms with van der Waals surface area (Å²) in [5, 5.41) is 41.8. The molecule has 1 saturated heterocycles. The SMILES string of the molecule is CCCCCCCCCCCCCC[C@@H](O)[C@H]1CC[C@H]([C@H](O)CCCCC(O)CCCCCC(O)CC2=C[C@H](C)OC2=O)O1. The summed E-state index contributed by atoms with van der Waals surface area (Å²) >= 11 is 0. The second-order valence-corrected chi connectivity index (χ2v) is 13.8. The zero-order chi connectivity index (χ0) is 32.0. The molecule has 2 heterocycles. The molecule has 0 saturated carbocycles. The van der Waals surface area contributed by atoms with Crippen LogP contribution in [0.2, 0.25) is 0 Å². The Labute approximate surface area is 269 Å². The summed E-state index contributed by atoms with van der Waals surface area (Å²) < 4.78 is 11.1. The van der Waals surface area contributed by atoms with Crippen molar-refractivity contribution in [2.75, 3.05) is 0 Å². The van der Waals surface area contributed by atoms with E-state index in [1.165, 1.54) is 70.6 Å². The molecule has 4 N–H and O–H groups in total. The van der Waals surface area contributed by atoms with Gasteiger partial charge in [-0.05, 0) is 57.9 Å². The lowest BCUT2D eigenvalue weighted by atomic mass is 9.99. The summed E-state index contributed by atoms with van der Waals surface area (Å²) in [6.07, 6.45) is 25.2. The van der Waals surface area contributed by atoms with Crippen LogP contribution in [0.25, 0.3) is 0 Å². The largest absolute Gasteiger partial charge is 0.455 e. The molecule has 44 heavy (non-hydrogen) atoms. The number of carbonyl (C=O) groups is 1. The molecular formula is C37H68O7. The van der Waals surface area contributed by atoms with E-state index in [4.69, 9.17) is 9.47 Å². The van der Waals surface area contributed by atoms with Gasteiger partial charge in [0.15, 0.2) is 0 Å². The number of esters is 1. The van der Waals surface area contributed by atoms with Crippen LogP contribution in [0.4, 0.5) is 0 Å². The lowest BCUT2D eigenvalue weighted by Gasteiger charge is -2.22. The standard InChI is InChI=1S/C37H68O7/c1-3-4-5-6-7-8-9-10-11-12-13-17-23-33(40)35-25-26-36(44-35)34(41)24-19-18-21-31(38)20-15-14-16-22-32(39)28-30-27-29(2)43-37(30)42/h27,29,31-36,38-41H,3-26,28H2,1-2H3/t29-,31?,32?,33+,34+,35+,36+/m0/s1. The van der Waals surface area contributed by atoms with Crippen LogP contribution in [0.1, 0.15) is 174 Å². The first kappa shape index (κ1) is 39.2. The molecule has 7 heteroatoms. The molecule has 0 aromatic carbocycles. The predicted molar refractivity (Wildman–Crippen MR) is 177 cm³/mol. The van der Waals surface area contributed by atoms with E-state index < -0.39 is 18.3 Å². The third-order valence-electron chi connectivity index (χ3n) is 9.61. The van der Waals surface area contributed by atoms with E-state index in [9.17, 15) is 25.2 Å². The number of cyclic esters (lactones) is 1. The van der Waals surface area contributed by atoms with Gasteiger partial charge in [0.1, 0.15) is 6.10 Å². The van der Waals surface area contributed by atoms with Gasteiger partial charge in [-0.3, -0.25) is 0 Å². The molecule has 7 atom stereocenters. The molecule has 2 aliphatic heterocycles. The summed E-state index contributed by atoms with van der Waals surface area (Å²) in [4.78, 5) is 11.7. The van der Waals surface area contributed by atoms with Gasteiger partial charge in [-0.15, -0.1) is 0 Å². The third-order valence-corrected chi connectivity index (χ3v) is 9.61. The van der Waals surface area contributed by atoms with E-state index in [0.717, 1.165) is 70.6 Å². The normalized spacial score (nSPS) is 23.0. The quantitative estimate of drug-likeness (QED) is 0.0518. The molecule has 258 valence electrons. The van der Waals surface area contributed by atoms with Gasteiger partial charge in [-0.25, -0.2) is 4.79 Å². The van der Waals surface area contributed by atoms with Crippen molar-refractivity contribution >= 4 is 5.97 Å². The highest BCUT2D eigenvalue weighted by Crippen LogP contribution is 2.28. The monoisotopic (exact) mass is 624 g/mol. The van der Waals surface area contributed by atoms with Crippen molar-refractivity contribution in [2.24, 2.45) is 0 Å². The van der Waals surface area contributed by atoms with Gasteiger partial charge < -0.3 is 29.9 Å². The number of hydrogen-bond donors (Lipinski definition) is 4. The maximum Gasteiger partial charge on any atom is 0.334 e. The molecule has 0 aliphatic carbocycles. The highest BCUT2D eigenvalue weighted by atomic mass is 16.5. The lowest BCUT2D eigenvalue weighted by molar-refractivity contribution is -0.139. The minimum atomic E-state index is -0.531. The number of aliphatic hydroxyl groups excluding tert-OH is 4. The summed E-state index contributed by atoms with van der Waals surface area (Å²) in [7, 11) is 0. The fraction of sp³-hybridized carbons (Fsp3) is 0.919. The molecule has 0 bridgehead atoms. The number of unbranched alkanes of at least 4 members (excludes halogenated alkanes) is 14. The molecule has 2 unspecified atom stereocenters. The van der Waals surface area contributed by atoms with Gasteiger partial charge >= 0.3 is 5.97 Å². The highest BCUT2D eigenvalue weighted by molar-refractivity contribution is 5.90. The van der Waals surface area contributed by atoms with Crippen molar-refractivity contribution in [3.05, 3.63) is 11.6 Å². The number of aliphatic hydroxyl groups is 4. The summed E-state index contributed by atoms with van der Waals surface area (Å²) in [5.74, 6) is -0.314. The molecule has 0 aromatic rings. The average molecular weight is 625 g/mol. The van der Waals surface area contributed by atoms with Crippen LogP contribution >= 0.6 is 0 Å². The van der Waals surface area contributed by atoms with Crippen LogP contribution in [0, 0.1) is 0 Å². The molecule has 2 aliphatic rings. The lowest BCUT2D eigenvalue weighted by Crippen LogP contribution is -2.31. The van der Waals surface area contributed by atoms with Crippen molar-refractivity contribution in [3.8, 4) is 0 Å². The molecule has 7 nitrogen and oxygen atoms in total. The van der Waals surface area contributed by atoms with Crippen molar-refractivity contribution in [1.29, 1.82) is 0 Å². The third kappa shape index (κ3) is 17.6. The molecule has 0 aromatic heterocycles. The van der Waals surface area contributed by atoms with Gasteiger partial charge in [0.2, 0.25) is 0 Å². The van der Waals surface area contributed by atoms with Gasteiger partial charge in [-0.1, -0.05) is 116 Å². The van der Waals surface area contributed by atoms with Gasteiger partial charge in [-0.2, -0.15) is 0 Å². The second kappa shape index (κ2) is 24.2. The topological polar surface area (TPSA) is 116 Å². The highest BCUT2D eigenvalue weighted by Gasteiger charge is 2.34. The van der Waals surface area contributed by atoms with Crippen molar-refractivity contribution in [2.45, 2.75) is 217 Å². The average Bonchev–Trinajstić information content (AvgIpc) is 3.61. The number of ether oxygens (including phenoxy) is 2. The molecule has 0 amide bonds. The smallest absolute Gasteiger partial charge is 0.334 e. The Kier molecular flexibility index (Phi) is 21.6. The molecule has 1 fully saturated rings. The number of hydrogen-bond acceptors (Lipinski definition) is 7. The van der Waals surface area contributed by atoms with E-state index >= 15 is 0 Å². The number of carbonyl (C=O) groups excluding carboxylic acids is 1. The summed E-state index contributed by atoms with van der Waals surface area (Å²) in [6, 6.07) is 0. The van der Waals surface area contributed by atoms with Crippen LogP contribution in [0.5, 0.6) is 0 Å². The Morgan fingerprint density at radius 3 is 1.55 bits per heavy atom. The van der Waals surface area contributed by atoms with Gasteiger partial charge in [0.05, 0.1) is 36.6 Å². The van der Waals surface area contributed by atoms with E-state index in [0.29, 0.717) is 24.8 Å². The minimum Gasteiger partial charge on any atom is -0.455 e. The van der Waals surface area contributed by atoms with Crippen LogP contribution in [0.15, 0.2) is 11.6 Å².